The molecule has 0 fully saturated rings. The minimum atomic E-state index is -0.633. The van der Waals surface area contributed by atoms with Crippen molar-refractivity contribution in [3.8, 4) is 0 Å². The van der Waals surface area contributed by atoms with Gasteiger partial charge < -0.3 is 20.3 Å². The van der Waals surface area contributed by atoms with Gasteiger partial charge in [-0.3, -0.25) is 4.79 Å². The second kappa shape index (κ2) is 11.4. The average Bonchev–Trinajstić information content (AvgIpc) is 2.42. The summed E-state index contributed by atoms with van der Waals surface area (Å²) in [6.45, 7) is 6.62. The van der Waals surface area contributed by atoms with Crippen LogP contribution in [0, 0.1) is 0 Å². The van der Waals surface area contributed by atoms with Gasteiger partial charge in [-0.05, 0) is 39.0 Å². The molecule has 2 unspecified atom stereocenters. The summed E-state index contributed by atoms with van der Waals surface area (Å²) in [4.78, 5) is 12.0. The number of aliphatic hydroxyl groups excluding tert-OH is 2. The molecule has 0 aliphatic rings. The SMILES string of the molecule is CCNC(C)(CCCCSCC(O)CO)C(=O)OCC. The molecule has 120 valence electrons. The van der Waals surface area contributed by atoms with E-state index in [9.17, 15) is 9.90 Å². The van der Waals surface area contributed by atoms with Crippen LogP contribution >= 0.6 is 11.8 Å². The molecule has 0 saturated heterocycles. The van der Waals surface area contributed by atoms with E-state index in [2.05, 4.69) is 5.32 Å². The number of rotatable bonds is 12. The zero-order valence-electron chi connectivity index (χ0n) is 12.9. The van der Waals surface area contributed by atoms with E-state index in [4.69, 9.17) is 9.84 Å². The largest absolute Gasteiger partial charge is 0.465 e. The van der Waals surface area contributed by atoms with Crippen molar-refractivity contribution in [2.24, 2.45) is 0 Å². The summed E-state index contributed by atoms with van der Waals surface area (Å²) in [7, 11) is 0. The van der Waals surface area contributed by atoms with Crippen molar-refractivity contribution in [1.82, 2.24) is 5.32 Å². The maximum Gasteiger partial charge on any atom is 0.326 e. The highest BCUT2D eigenvalue weighted by atomic mass is 32.2. The standard InChI is InChI=1S/C14H29NO4S/c1-4-15-14(3,13(18)19-5-2)8-6-7-9-20-11-12(17)10-16/h12,15-17H,4-11H2,1-3H3. The van der Waals surface area contributed by atoms with Crippen LogP contribution in [0.1, 0.15) is 40.0 Å². The van der Waals surface area contributed by atoms with Crippen molar-refractivity contribution in [3.63, 3.8) is 0 Å². The second-order valence-corrected chi connectivity index (χ2v) is 6.10. The number of nitrogens with one attached hydrogen (secondary N) is 1. The molecule has 5 nitrogen and oxygen atoms in total. The van der Waals surface area contributed by atoms with Crippen molar-refractivity contribution >= 4 is 17.7 Å². The Morgan fingerprint density at radius 1 is 1.40 bits per heavy atom. The second-order valence-electron chi connectivity index (χ2n) is 4.95. The van der Waals surface area contributed by atoms with Crippen molar-refractivity contribution in [3.05, 3.63) is 0 Å². The Morgan fingerprint density at radius 3 is 2.65 bits per heavy atom. The first-order valence-electron chi connectivity index (χ1n) is 7.29. The van der Waals surface area contributed by atoms with E-state index in [1.54, 1.807) is 11.8 Å². The topological polar surface area (TPSA) is 78.8 Å². The Kier molecular flexibility index (Phi) is 11.2. The van der Waals surface area contributed by atoms with Gasteiger partial charge in [0.1, 0.15) is 5.54 Å². The third kappa shape index (κ3) is 8.09. The van der Waals surface area contributed by atoms with Gasteiger partial charge in [0.2, 0.25) is 0 Å². The van der Waals surface area contributed by atoms with E-state index in [1.807, 2.05) is 20.8 Å². The number of esters is 1. The van der Waals surface area contributed by atoms with Crippen LogP contribution in [0.2, 0.25) is 0 Å². The molecule has 3 N–H and O–H groups in total. The van der Waals surface area contributed by atoms with E-state index >= 15 is 0 Å². The first-order valence-corrected chi connectivity index (χ1v) is 8.44. The highest BCUT2D eigenvalue weighted by molar-refractivity contribution is 7.99. The Balaban J connectivity index is 3.94. The lowest BCUT2D eigenvalue weighted by atomic mass is 9.95. The van der Waals surface area contributed by atoms with Gasteiger partial charge >= 0.3 is 5.97 Å². The summed E-state index contributed by atoms with van der Waals surface area (Å²) in [6.07, 6.45) is 2.00. The Bertz CT molecular complexity index is 266. The molecule has 0 aromatic carbocycles. The van der Waals surface area contributed by atoms with Crippen LogP contribution in [0.3, 0.4) is 0 Å². The van der Waals surface area contributed by atoms with E-state index in [0.717, 1.165) is 31.6 Å². The molecule has 0 aromatic heterocycles. The van der Waals surface area contributed by atoms with Crippen LogP contribution in [0.4, 0.5) is 0 Å². The smallest absolute Gasteiger partial charge is 0.326 e. The zero-order valence-corrected chi connectivity index (χ0v) is 13.7. The summed E-state index contributed by atoms with van der Waals surface area (Å²) in [5.74, 6) is 1.28. The highest BCUT2D eigenvalue weighted by Crippen LogP contribution is 2.17. The van der Waals surface area contributed by atoms with Gasteiger partial charge in [-0.1, -0.05) is 13.3 Å². The van der Waals surface area contributed by atoms with Gasteiger partial charge in [-0.15, -0.1) is 0 Å². The van der Waals surface area contributed by atoms with Gasteiger partial charge in [0.05, 0.1) is 19.3 Å². The maximum absolute atomic E-state index is 12.0. The summed E-state index contributed by atoms with van der Waals surface area (Å²) in [5, 5.41) is 21.1. The fourth-order valence-electron chi connectivity index (χ4n) is 1.90. The predicted octanol–water partition coefficient (Wildman–Crippen LogP) is 1.17. The highest BCUT2D eigenvalue weighted by Gasteiger charge is 2.32. The Labute approximate surface area is 126 Å². The molecule has 0 saturated carbocycles. The minimum Gasteiger partial charge on any atom is -0.465 e. The number of hydrogen-bond donors (Lipinski definition) is 3. The van der Waals surface area contributed by atoms with Crippen LogP contribution in [0.5, 0.6) is 0 Å². The van der Waals surface area contributed by atoms with Crippen LogP contribution in [-0.4, -0.2) is 59.1 Å². The Morgan fingerprint density at radius 2 is 2.10 bits per heavy atom. The number of carbonyl (C=O) groups excluding carboxylic acids is 1. The Hall–Kier alpha value is -0.300. The van der Waals surface area contributed by atoms with Crippen molar-refractivity contribution in [2.45, 2.75) is 51.7 Å². The molecule has 0 aromatic rings. The number of thioether (sulfide) groups is 1. The molecule has 0 bridgehead atoms. The summed E-state index contributed by atoms with van der Waals surface area (Å²) < 4.78 is 5.12. The molecule has 2 atom stereocenters. The number of ether oxygens (including phenoxy) is 1. The van der Waals surface area contributed by atoms with Gasteiger partial charge in [0.15, 0.2) is 0 Å². The first-order chi connectivity index (χ1) is 9.50. The normalized spacial score (nSPS) is 15.7. The number of unbranched alkanes of at least 4 members (excludes halogenated alkanes) is 1. The van der Waals surface area contributed by atoms with E-state index in [1.165, 1.54) is 0 Å². The molecule has 0 amide bonds. The maximum atomic E-state index is 12.0. The zero-order chi connectivity index (χ0) is 15.4. The molecule has 0 spiro atoms. The minimum absolute atomic E-state index is 0.186. The number of hydrogen-bond acceptors (Lipinski definition) is 6. The summed E-state index contributed by atoms with van der Waals surface area (Å²) >= 11 is 1.62. The molecular weight excluding hydrogens is 278 g/mol. The number of carbonyl (C=O) groups is 1. The predicted molar refractivity (Wildman–Crippen MR) is 83.0 cm³/mol. The lowest BCUT2D eigenvalue weighted by molar-refractivity contribution is -0.150. The third-order valence-corrected chi connectivity index (χ3v) is 4.23. The van der Waals surface area contributed by atoms with Crippen LogP contribution in [-0.2, 0) is 9.53 Å². The van der Waals surface area contributed by atoms with Crippen LogP contribution in [0.25, 0.3) is 0 Å². The molecule has 0 aliphatic carbocycles. The quantitative estimate of drug-likeness (QED) is 0.371. The summed E-state index contributed by atoms with van der Waals surface area (Å²) in [6, 6.07) is 0. The van der Waals surface area contributed by atoms with Crippen molar-refractivity contribution in [1.29, 1.82) is 0 Å². The molecule has 0 radical (unpaired) electrons. The molecule has 6 heteroatoms. The molecule has 0 heterocycles. The fourth-order valence-corrected chi connectivity index (χ4v) is 2.85. The molecular formula is C14H29NO4S. The van der Waals surface area contributed by atoms with Gasteiger partial charge in [0, 0.05) is 5.75 Å². The number of likely N-dealkylation sites (N-methyl/N-ethyl adjacent to an activating group) is 1. The lowest BCUT2D eigenvalue weighted by Gasteiger charge is -2.28. The summed E-state index contributed by atoms with van der Waals surface area (Å²) in [5.41, 5.74) is -0.611. The third-order valence-electron chi connectivity index (χ3n) is 3.03. The van der Waals surface area contributed by atoms with Gasteiger partial charge in [0.25, 0.3) is 0 Å². The van der Waals surface area contributed by atoms with Crippen LogP contribution < -0.4 is 5.32 Å². The van der Waals surface area contributed by atoms with Gasteiger partial charge in [-0.2, -0.15) is 11.8 Å². The van der Waals surface area contributed by atoms with E-state index in [-0.39, 0.29) is 12.6 Å². The monoisotopic (exact) mass is 307 g/mol. The molecule has 0 aliphatic heterocycles. The van der Waals surface area contributed by atoms with Gasteiger partial charge in [-0.25, -0.2) is 0 Å². The van der Waals surface area contributed by atoms with E-state index in [0.29, 0.717) is 12.4 Å². The fraction of sp³-hybridized carbons (Fsp3) is 0.929. The van der Waals surface area contributed by atoms with Crippen molar-refractivity contribution in [2.75, 3.05) is 31.3 Å². The molecule has 20 heavy (non-hydrogen) atoms. The van der Waals surface area contributed by atoms with Crippen molar-refractivity contribution < 1.29 is 19.7 Å². The lowest BCUT2D eigenvalue weighted by Crippen LogP contribution is -2.50. The number of aliphatic hydroxyl groups is 2. The average molecular weight is 307 g/mol. The van der Waals surface area contributed by atoms with E-state index < -0.39 is 11.6 Å². The van der Waals surface area contributed by atoms with Crippen LogP contribution in [0.15, 0.2) is 0 Å². The first kappa shape index (κ1) is 19.7. The molecule has 0 rings (SSSR count).